The van der Waals surface area contributed by atoms with Crippen LogP contribution in [0, 0.1) is 6.92 Å². The Morgan fingerprint density at radius 3 is 2.87 bits per heavy atom. The van der Waals surface area contributed by atoms with E-state index in [2.05, 4.69) is 33.1 Å². The molecule has 5 heteroatoms. The summed E-state index contributed by atoms with van der Waals surface area (Å²) in [6, 6.07) is 6.06. The summed E-state index contributed by atoms with van der Waals surface area (Å²) >= 11 is 5.04. The lowest BCUT2D eigenvalue weighted by Gasteiger charge is -2.02. The molecule has 1 aromatic heterocycles. The number of nitrogens with zero attached hydrogens (tertiary/aromatic N) is 2. The zero-order chi connectivity index (χ0) is 10.8. The summed E-state index contributed by atoms with van der Waals surface area (Å²) in [6.07, 6.45) is 0. The lowest BCUT2D eigenvalue weighted by Crippen LogP contribution is -1.94. The molecule has 0 aliphatic rings. The molecule has 0 atom stereocenters. The van der Waals surface area contributed by atoms with Gasteiger partial charge in [-0.15, -0.1) is 10.2 Å². The molecule has 0 radical (unpaired) electrons. The molecular weight excluding hydrogens is 274 g/mol. The molecule has 0 aliphatic carbocycles. The molecule has 0 bridgehead atoms. The number of hydrogen-bond donors (Lipinski definition) is 1. The monoisotopic (exact) mass is 283 g/mol. The van der Waals surface area contributed by atoms with Crippen molar-refractivity contribution in [2.24, 2.45) is 5.73 Å². The van der Waals surface area contributed by atoms with E-state index in [0.29, 0.717) is 6.54 Å². The van der Waals surface area contributed by atoms with Crippen LogP contribution < -0.4 is 5.73 Å². The summed E-state index contributed by atoms with van der Waals surface area (Å²) in [6.45, 7) is 2.51. The van der Waals surface area contributed by atoms with E-state index in [-0.39, 0.29) is 0 Å². The maximum Gasteiger partial charge on any atom is 0.148 e. The fourth-order valence-electron chi connectivity index (χ4n) is 1.28. The van der Waals surface area contributed by atoms with Crippen LogP contribution in [0.3, 0.4) is 0 Å². The van der Waals surface area contributed by atoms with E-state index >= 15 is 0 Å². The second kappa shape index (κ2) is 4.38. The van der Waals surface area contributed by atoms with E-state index in [1.165, 1.54) is 5.56 Å². The first kappa shape index (κ1) is 10.7. The Balaban J connectivity index is 2.49. The van der Waals surface area contributed by atoms with Gasteiger partial charge < -0.3 is 5.73 Å². The molecule has 1 heterocycles. The quantitative estimate of drug-likeness (QED) is 0.922. The number of halogens is 1. The summed E-state index contributed by atoms with van der Waals surface area (Å²) in [5.41, 5.74) is 7.80. The summed E-state index contributed by atoms with van der Waals surface area (Å²) < 4.78 is 1.09. The van der Waals surface area contributed by atoms with E-state index in [4.69, 9.17) is 5.73 Å². The molecule has 0 saturated carbocycles. The first-order valence-electron chi connectivity index (χ1n) is 4.50. The minimum Gasteiger partial charge on any atom is -0.324 e. The van der Waals surface area contributed by atoms with Gasteiger partial charge in [0.2, 0.25) is 0 Å². The predicted octanol–water partition coefficient (Wildman–Crippen LogP) is 2.73. The van der Waals surface area contributed by atoms with Gasteiger partial charge in [0.25, 0.3) is 0 Å². The average molecular weight is 284 g/mol. The van der Waals surface area contributed by atoms with Crippen LogP contribution in [-0.2, 0) is 6.54 Å². The second-order valence-electron chi connectivity index (χ2n) is 3.12. The number of rotatable bonds is 2. The van der Waals surface area contributed by atoms with Crippen molar-refractivity contribution in [3.8, 4) is 10.6 Å². The Kier molecular flexibility index (Phi) is 3.14. The Hall–Kier alpha value is -0.780. The lowest BCUT2D eigenvalue weighted by atomic mass is 10.1. The van der Waals surface area contributed by atoms with Crippen LogP contribution in [0.2, 0.25) is 0 Å². The Bertz CT molecular complexity index is 481. The van der Waals surface area contributed by atoms with Crippen molar-refractivity contribution in [2.45, 2.75) is 13.5 Å². The smallest absolute Gasteiger partial charge is 0.148 e. The maximum absolute atomic E-state index is 5.51. The van der Waals surface area contributed by atoms with Crippen LogP contribution in [-0.4, -0.2) is 10.2 Å². The highest BCUT2D eigenvalue weighted by atomic mass is 79.9. The number of benzene rings is 1. The average Bonchev–Trinajstić information content (AvgIpc) is 2.70. The number of nitrogens with two attached hydrogens (primary N) is 1. The van der Waals surface area contributed by atoms with Crippen molar-refractivity contribution in [2.75, 3.05) is 0 Å². The fourth-order valence-corrected chi connectivity index (χ4v) is 2.45. The number of aromatic nitrogens is 2. The van der Waals surface area contributed by atoms with Crippen LogP contribution in [0.25, 0.3) is 10.6 Å². The SMILES string of the molecule is Cc1c(Br)cccc1-c1nnc(CN)s1. The molecule has 0 aliphatic heterocycles. The third kappa shape index (κ3) is 2.09. The van der Waals surface area contributed by atoms with Gasteiger partial charge in [0.15, 0.2) is 0 Å². The van der Waals surface area contributed by atoms with Crippen LogP contribution in [0.15, 0.2) is 22.7 Å². The summed E-state index contributed by atoms with van der Waals surface area (Å²) in [5.74, 6) is 0. The van der Waals surface area contributed by atoms with Crippen LogP contribution >= 0.6 is 27.3 Å². The largest absolute Gasteiger partial charge is 0.324 e. The molecule has 15 heavy (non-hydrogen) atoms. The third-order valence-corrected chi connectivity index (χ3v) is 3.98. The summed E-state index contributed by atoms with van der Waals surface area (Å²) in [5, 5.41) is 9.93. The van der Waals surface area contributed by atoms with Crippen molar-refractivity contribution in [1.82, 2.24) is 10.2 Å². The van der Waals surface area contributed by atoms with E-state index in [0.717, 1.165) is 20.1 Å². The van der Waals surface area contributed by atoms with Crippen LogP contribution in [0.1, 0.15) is 10.6 Å². The van der Waals surface area contributed by atoms with E-state index in [1.54, 1.807) is 11.3 Å². The van der Waals surface area contributed by atoms with Gasteiger partial charge in [-0.05, 0) is 18.6 Å². The molecular formula is C10H10BrN3S. The summed E-state index contributed by atoms with van der Waals surface area (Å²) in [7, 11) is 0. The zero-order valence-electron chi connectivity index (χ0n) is 8.20. The van der Waals surface area contributed by atoms with Crippen molar-refractivity contribution >= 4 is 27.3 Å². The molecule has 1 aromatic carbocycles. The van der Waals surface area contributed by atoms with Gasteiger partial charge in [0.05, 0.1) is 0 Å². The van der Waals surface area contributed by atoms with Gasteiger partial charge in [-0.1, -0.05) is 39.4 Å². The molecule has 0 saturated heterocycles. The first-order valence-corrected chi connectivity index (χ1v) is 6.11. The van der Waals surface area contributed by atoms with Gasteiger partial charge in [-0.3, -0.25) is 0 Å². The van der Waals surface area contributed by atoms with E-state index < -0.39 is 0 Å². The highest BCUT2D eigenvalue weighted by Crippen LogP contribution is 2.30. The van der Waals surface area contributed by atoms with E-state index in [1.807, 2.05) is 18.2 Å². The van der Waals surface area contributed by atoms with Gasteiger partial charge in [-0.25, -0.2) is 0 Å². The molecule has 0 spiro atoms. The Morgan fingerprint density at radius 2 is 2.20 bits per heavy atom. The zero-order valence-corrected chi connectivity index (χ0v) is 10.6. The summed E-state index contributed by atoms with van der Waals surface area (Å²) in [4.78, 5) is 0. The van der Waals surface area contributed by atoms with Crippen molar-refractivity contribution in [1.29, 1.82) is 0 Å². The van der Waals surface area contributed by atoms with Gasteiger partial charge in [0.1, 0.15) is 10.0 Å². The lowest BCUT2D eigenvalue weighted by molar-refractivity contribution is 0.960. The maximum atomic E-state index is 5.51. The Labute approximate surface area is 100 Å². The molecule has 78 valence electrons. The van der Waals surface area contributed by atoms with Crippen molar-refractivity contribution in [3.05, 3.63) is 33.2 Å². The van der Waals surface area contributed by atoms with Gasteiger partial charge >= 0.3 is 0 Å². The number of hydrogen-bond acceptors (Lipinski definition) is 4. The first-order chi connectivity index (χ1) is 7.22. The normalized spacial score (nSPS) is 10.6. The molecule has 2 aromatic rings. The Morgan fingerprint density at radius 1 is 1.40 bits per heavy atom. The van der Waals surface area contributed by atoms with Crippen LogP contribution in [0.4, 0.5) is 0 Å². The van der Waals surface area contributed by atoms with E-state index in [9.17, 15) is 0 Å². The minimum absolute atomic E-state index is 0.449. The van der Waals surface area contributed by atoms with Crippen LogP contribution in [0.5, 0.6) is 0 Å². The molecule has 0 fully saturated rings. The second-order valence-corrected chi connectivity index (χ2v) is 5.03. The molecule has 2 rings (SSSR count). The molecule has 3 nitrogen and oxygen atoms in total. The topological polar surface area (TPSA) is 51.8 Å². The molecule has 2 N–H and O–H groups in total. The third-order valence-electron chi connectivity index (χ3n) is 2.14. The fraction of sp³-hybridized carbons (Fsp3) is 0.200. The van der Waals surface area contributed by atoms with Gasteiger partial charge in [-0.2, -0.15) is 0 Å². The molecule has 0 unspecified atom stereocenters. The van der Waals surface area contributed by atoms with Gasteiger partial charge in [0, 0.05) is 16.6 Å². The molecule has 0 amide bonds. The minimum atomic E-state index is 0.449. The van der Waals surface area contributed by atoms with Crippen molar-refractivity contribution < 1.29 is 0 Å². The highest BCUT2D eigenvalue weighted by Gasteiger charge is 2.09. The predicted molar refractivity (Wildman–Crippen MR) is 65.7 cm³/mol. The standard InChI is InChI=1S/C10H10BrN3S/c1-6-7(3-2-4-8(6)11)10-14-13-9(5-12)15-10/h2-4H,5,12H2,1H3. The van der Waals surface area contributed by atoms with Crippen molar-refractivity contribution in [3.63, 3.8) is 0 Å². The highest BCUT2D eigenvalue weighted by molar-refractivity contribution is 9.10.